The monoisotopic (exact) mass is 795 g/mol. The van der Waals surface area contributed by atoms with Crippen LogP contribution in [0.4, 0.5) is 25.2 Å². The summed E-state index contributed by atoms with van der Waals surface area (Å²) in [6.07, 6.45) is -9.53. The highest BCUT2D eigenvalue weighted by Gasteiger charge is 2.54. The third-order valence-corrected chi connectivity index (χ3v) is 11.2. The summed E-state index contributed by atoms with van der Waals surface area (Å²) >= 11 is 8.03. The molecule has 1 amide bonds. The zero-order chi connectivity index (χ0) is 36.1. The summed E-state index contributed by atoms with van der Waals surface area (Å²) < 4.78 is 100. The predicted octanol–water partition coefficient (Wildman–Crippen LogP) is 2.38. The molecule has 3 aliphatic rings. The van der Waals surface area contributed by atoms with E-state index in [0.29, 0.717) is 6.54 Å². The summed E-state index contributed by atoms with van der Waals surface area (Å²) in [5.41, 5.74) is 6.24. The number of amides is 1. The van der Waals surface area contributed by atoms with E-state index in [9.17, 15) is 13.9 Å². The molecule has 276 valence electrons. The number of anilines is 2. The van der Waals surface area contributed by atoms with Crippen molar-refractivity contribution in [2.75, 3.05) is 44.5 Å². The summed E-state index contributed by atoms with van der Waals surface area (Å²) in [7, 11) is 1.69. The summed E-state index contributed by atoms with van der Waals surface area (Å²) in [5, 5.41) is 5.28. The van der Waals surface area contributed by atoms with Crippen LogP contribution in [0, 0.1) is 0 Å². The highest BCUT2D eigenvalue weighted by molar-refractivity contribution is 8.44. The number of hydrogen-bond acceptors (Lipinski definition) is 18. The summed E-state index contributed by atoms with van der Waals surface area (Å²) in [6.45, 7) is -9.81. The van der Waals surface area contributed by atoms with E-state index in [1.165, 1.54) is 21.8 Å². The fourth-order valence-electron chi connectivity index (χ4n) is 5.62. The zero-order valence-corrected chi connectivity index (χ0v) is 29.6. The van der Waals surface area contributed by atoms with E-state index in [1.807, 2.05) is 0 Å². The lowest BCUT2D eigenvalue weighted by atomic mass is 10.1. The molecule has 1 unspecified atom stereocenters. The molecule has 27 heteroatoms. The van der Waals surface area contributed by atoms with Gasteiger partial charge >= 0.3 is 19.7 Å². The van der Waals surface area contributed by atoms with Crippen LogP contribution in [0.1, 0.15) is 12.5 Å². The van der Waals surface area contributed by atoms with Crippen molar-refractivity contribution >= 4 is 78.1 Å². The number of nitrogen functional groups attached to an aromatic ring is 1. The topological polar surface area (TPSA) is 253 Å². The van der Waals surface area contributed by atoms with Crippen molar-refractivity contribution in [2.45, 2.75) is 49.2 Å². The van der Waals surface area contributed by atoms with E-state index in [1.54, 1.807) is 7.05 Å². The van der Waals surface area contributed by atoms with Gasteiger partial charge in [0.2, 0.25) is 0 Å². The molecular weight excluding hydrogens is 766 g/mol. The number of fused-ring (bicyclic) bond motifs is 4. The van der Waals surface area contributed by atoms with E-state index in [0.717, 1.165) is 12.7 Å². The van der Waals surface area contributed by atoms with Crippen LogP contribution in [-0.2, 0) is 41.4 Å². The van der Waals surface area contributed by atoms with Crippen molar-refractivity contribution in [3.8, 4) is 0 Å². The molecule has 0 bridgehead atoms. The lowest BCUT2D eigenvalue weighted by molar-refractivity contribution is -0.0544. The number of nitrogens with one attached hydrogen (secondary N) is 2. The van der Waals surface area contributed by atoms with Crippen LogP contribution in [0.25, 0.3) is 22.3 Å². The number of rotatable bonds is 6. The third kappa shape index (κ3) is 7.29. The molecule has 0 spiro atoms. The molecular formula is C24H29F2N11O10P2S2. The van der Waals surface area contributed by atoms with Crippen molar-refractivity contribution in [1.29, 1.82) is 0 Å². The third-order valence-electron chi connectivity index (χ3n) is 7.95. The van der Waals surface area contributed by atoms with E-state index in [2.05, 4.69) is 65.0 Å². The highest BCUT2D eigenvalue weighted by atomic mass is 32.7. The first kappa shape index (κ1) is 36.3. The number of nitrogens with zero attached hydrogens (tertiary/aromatic N) is 8. The largest absolute Gasteiger partial charge is 0.448 e. The molecule has 4 N–H and O–H groups in total. The van der Waals surface area contributed by atoms with Gasteiger partial charge in [-0.3, -0.25) is 32.5 Å². The molecule has 10 atom stereocenters. The molecule has 0 aromatic carbocycles. The van der Waals surface area contributed by atoms with Gasteiger partial charge in [-0.25, -0.2) is 52.6 Å². The maximum absolute atomic E-state index is 16.3. The standard InChI is InChI=1S/C24H29F2N11O10P2S2/c1-28-2-3-41-24(38)35-19-15-21(32-7-30-19)37(9-34-15)23-13(26)17-11(45-23)5-43-48(39,50)46-16-10(4-42-49(40,51)47-17)44-22(12(16)25)36-8-33-14-18(27)29-6-31-20(14)36/h6-13,16-17,22-23,28H,2-5H2,1H3,(H,39,50)(H,40,51)(H2,27,29,31)(H,30,32,35,38)/t10-,11-,12-,13-,16-,17-,22-,23-,48?,49-/m1/s1. The normalized spacial score (nSPS) is 34.5. The Morgan fingerprint density at radius 1 is 0.902 bits per heavy atom. The second kappa shape index (κ2) is 14.4. The molecule has 21 nitrogen and oxygen atoms in total. The predicted molar refractivity (Wildman–Crippen MR) is 176 cm³/mol. The van der Waals surface area contributed by atoms with E-state index >= 15 is 8.78 Å². The lowest BCUT2D eigenvalue weighted by Gasteiger charge is -2.28. The van der Waals surface area contributed by atoms with Crippen molar-refractivity contribution < 1.29 is 55.0 Å². The van der Waals surface area contributed by atoms with Crippen molar-refractivity contribution in [1.82, 2.24) is 44.4 Å². The molecule has 3 aliphatic heterocycles. The number of ether oxygens (including phenoxy) is 3. The van der Waals surface area contributed by atoms with Crippen LogP contribution in [0.5, 0.6) is 0 Å². The average Bonchev–Trinajstić information content (AvgIpc) is 3.85. The molecule has 0 saturated carbocycles. The first-order valence-electron chi connectivity index (χ1n) is 14.9. The van der Waals surface area contributed by atoms with Gasteiger partial charge in [-0.2, -0.15) is 0 Å². The fraction of sp³-hybridized carbons (Fsp3) is 0.542. The van der Waals surface area contributed by atoms with Gasteiger partial charge in [0, 0.05) is 6.54 Å². The Labute approximate surface area is 296 Å². The molecule has 0 aliphatic carbocycles. The van der Waals surface area contributed by atoms with Crippen LogP contribution in [-0.4, -0.2) is 115 Å². The second-order valence-electron chi connectivity index (χ2n) is 11.2. The minimum Gasteiger partial charge on any atom is -0.448 e. The minimum atomic E-state index is -4.46. The fourth-order valence-corrected chi connectivity index (χ4v) is 8.59. The molecule has 4 aromatic rings. The zero-order valence-electron chi connectivity index (χ0n) is 26.0. The van der Waals surface area contributed by atoms with Gasteiger partial charge in [-0.1, -0.05) is 24.5 Å². The quantitative estimate of drug-likeness (QED) is 0.107. The number of nitrogens with two attached hydrogens (primary N) is 1. The van der Waals surface area contributed by atoms with Crippen LogP contribution in [0.3, 0.4) is 0 Å². The Bertz CT molecular complexity index is 2030. The molecule has 7 heterocycles. The summed E-state index contributed by atoms with van der Waals surface area (Å²) in [4.78, 5) is 36.6. The molecule has 3 fully saturated rings. The second-order valence-corrected chi connectivity index (χ2v) is 16.9. The van der Waals surface area contributed by atoms with Crippen molar-refractivity contribution in [2.24, 2.45) is 0 Å². The van der Waals surface area contributed by atoms with Crippen LogP contribution in [0.2, 0.25) is 0 Å². The van der Waals surface area contributed by atoms with Gasteiger partial charge in [0.15, 0.2) is 53.2 Å². The first-order chi connectivity index (χ1) is 24.4. The Balaban J connectivity index is 1.11. The Kier molecular flexibility index (Phi) is 10.2. The van der Waals surface area contributed by atoms with E-state index < -0.39 is 82.1 Å². The van der Waals surface area contributed by atoms with Crippen LogP contribution < -0.4 is 16.4 Å². The van der Waals surface area contributed by atoms with Crippen LogP contribution >= 0.6 is 38.1 Å². The van der Waals surface area contributed by atoms with Gasteiger partial charge in [-0.15, -0.1) is 0 Å². The number of likely N-dealkylation sites (N-methyl/N-ethyl adjacent to an activating group) is 1. The van der Waals surface area contributed by atoms with Gasteiger partial charge in [-0.05, 0) is 7.05 Å². The molecule has 4 aromatic heterocycles. The summed E-state index contributed by atoms with van der Waals surface area (Å²) in [6, 6.07) is 0. The van der Waals surface area contributed by atoms with Crippen molar-refractivity contribution in [3.63, 3.8) is 0 Å². The number of halogens is 2. The Hall–Kier alpha value is -3.09. The van der Waals surface area contributed by atoms with Gasteiger partial charge in [0.05, 0.1) is 25.9 Å². The summed E-state index contributed by atoms with van der Waals surface area (Å²) in [5.74, 6) is 0.00358. The average molecular weight is 796 g/mol. The maximum Gasteiger partial charge on any atom is 0.412 e. The number of imidazole rings is 2. The number of aromatic nitrogens is 8. The van der Waals surface area contributed by atoms with Gasteiger partial charge in [0.1, 0.15) is 49.2 Å². The first-order valence-corrected chi connectivity index (χ1v) is 20.3. The minimum absolute atomic E-state index is 0.0308. The van der Waals surface area contributed by atoms with Gasteiger partial charge < -0.3 is 25.3 Å². The Morgan fingerprint density at radius 2 is 1.43 bits per heavy atom. The van der Waals surface area contributed by atoms with E-state index in [-0.39, 0.29) is 40.6 Å². The maximum atomic E-state index is 16.3. The SMILES string of the molecule is CNCCOC(=O)Nc1ncnc2c1ncn2[C@@H]1O[C@@H]2COP(=O)(S)O[C@H]3[C@@H](F)[C@H](n4cnc5c(N)ncnc54)O[C@@H]3CO[P@@](=O)(S)O[C@H]2[C@H]1F. The van der Waals surface area contributed by atoms with Crippen molar-refractivity contribution in [3.05, 3.63) is 25.3 Å². The number of carbonyl (C=O) groups is 1. The number of alkyl halides is 2. The smallest absolute Gasteiger partial charge is 0.412 e. The Morgan fingerprint density at radius 3 is 2.00 bits per heavy atom. The lowest BCUT2D eigenvalue weighted by Crippen LogP contribution is -2.36. The molecule has 0 radical (unpaired) electrons. The van der Waals surface area contributed by atoms with Crippen LogP contribution in [0.15, 0.2) is 25.3 Å². The van der Waals surface area contributed by atoms with Gasteiger partial charge in [0.25, 0.3) is 0 Å². The van der Waals surface area contributed by atoms with E-state index in [4.69, 9.17) is 38.0 Å². The molecule has 7 rings (SSSR count). The highest BCUT2D eigenvalue weighted by Crippen LogP contribution is 2.60. The molecule has 51 heavy (non-hydrogen) atoms. The number of hydrogen-bond donors (Lipinski definition) is 5. The number of carbonyl (C=O) groups excluding carboxylic acids is 1. The number of thiol groups is 2. The molecule has 3 saturated heterocycles.